The van der Waals surface area contributed by atoms with Crippen molar-refractivity contribution in [3.8, 4) is 0 Å². The van der Waals surface area contributed by atoms with Gasteiger partial charge in [0.15, 0.2) is 0 Å². The van der Waals surface area contributed by atoms with E-state index in [1.165, 1.54) is 38.2 Å². The molecule has 1 unspecified atom stereocenters. The lowest BCUT2D eigenvalue weighted by Gasteiger charge is -2.15. The van der Waals surface area contributed by atoms with Crippen LogP contribution in [0.4, 0.5) is 0 Å². The Hall–Kier alpha value is -1.35. The highest BCUT2D eigenvalue weighted by molar-refractivity contribution is 5.81. The third-order valence-corrected chi connectivity index (χ3v) is 3.99. The largest absolute Gasteiger partial charge is 0.365 e. The maximum absolute atomic E-state index is 11.6. The van der Waals surface area contributed by atoms with E-state index in [2.05, 4.69) is 13.0 Å². The summed E-state index contributed by atoms with van der Waals surface area (Å²) in [5.74, 6) is -0.441. The molecule has 0 aromatic heterocycles. The third-order valence-electron chi connectivity index (χ3n) is 3.99. The maximum Gasteiger partial charge on any atom is 0.365 e. The summed E-state index contributed by atoms with van der Waals surface area (Å²) in [4.78, 5) is 21.9. The molecule has 0 aromatic carbocycles. The van der Waals surface area contributed by atoms with Gasteiger partial charge >= 0.3 is 5.97 Å². The first-order valence-electron chi connectivity index (χ1n) is 9.20. The average molecular weight is 320 g/mol. The van der Waals surface area contributed by atoms with Crippen LogP contribution < -0.4 is 0 Å². The molecule has 130 valence electrons. The van der Waals surface area contributed by atoms with E-state index < -0.39 is 5.97 Å². The molecular formula is C20H32O3. The van der Waals surface area contributed by atoms with Crippen LogP contribution in [0.2, 0.25) is 0 Å². The van der Waals surface area contributed by atoms with Crippen LogP contribution in [-0.4, -0.2) is 12.1 Å². The highest BCUT2D eigenvalue weighted by Gasteiger charge is 2.12. The molecule has 1 rings (SSSR count). The van der Waals surface area contributed by atoms with Gasteiger partial charge in [0.2, 0.25) is 0 Å². The summed E-state index contributed by atoms with van der Waals surface area (Å²) in [5, 5.41) is 0. The Kier molecular flexibility index (Phi) is 12.2. The third kappa shape index (κ3) is 11.8. The fraction of sp³-hybridized carbons (Fsp3) is 0.650. The lowest BCUT2D eigenvalue weighted by atomic mass is 10.0. The van der Waals surface area contributed by atoms with E-state index in [0.29, 0.717) is 0 Å². The van der Waals surface area contributed by atoms with Crippen LogP contribution in [-0.2, 0) is 14.6 Å². The lowest BCUT2D eigenvalue weighted by molar-refractivity contribution is -0.296. The molecule has 0 saturated carbocycles. The van der Waals surface area contributed by atoms with Gasteiger partial charge in [-0.3, -0.25) is 4.89 Å². The van der Waals surface area contributed by atoms with Crippen LogP contribution in [0.5, 0.6) is 0 Å². The Labute approximate surface area is 141 Å². The van der Waals surface area contributed by atoms with Gasteiger partial charge in [0, 0.05) is 6.08 Å². The fourth-order valence-corrected chi connectivity index (χ4v) is 2.61. The van der Waals surface area contributed by atoms with E-state index in [-0.39, 0.29) is 6.10 Å². The van der Waals surface area contributed by atoms with Crippen LogP contribution in [0.25, 0.3) is 0 Å². The molecule has 3 heteroatoms. The number of allylic oxidation sites excluding steroid dienone is 5. The van der Waals surface area contributed by atoms with E-state index in [9.17, 15) is 4.79 Å². The molecule has 0 aliphatic carbocycles. The van der Waals surface area contributed by atoms with Crippen molar-refractivity contribution in [1.29, 1.82) is 0 Å². The topological polar surface area (TPSA) is 35.5 Å². The quantitative estimate of drug-likeness (QED) is 0.438. The second kappa shape index (κ2) is 14.3. The Morgan fingerprint density at radius 2 is 1.78 bits per heavy atom. The summed E-state index contributed by atoms with van der Waals surface area (Å²) < 4.78 is 0. The van der Waals surface area contributed by atoms with Gasteiger partial charge in [-0.25, -0.2) is 4.79 Å². The predicted molar refractivity (Wildman–Crippen MR) is 94.8 cm³/mol. The first kappa shape index (κ1) is 19.7. The van der Waals surface area contributed by atoms with Gasteiger partial charge < -0.3 is 0 Å². The molecule has 0 radical (unpaired) electrons. The molecule has 0 saturated heterocycles. The van der Waals surface area contributed by atoms with Gasteiger partial charge in [0.05, 0.1) is 0 Å². The first-order chi connectivity index (χ1) is 11.3. The molecule has 0 amide bonds. The van der Waals surface area contributed by atoms with Gasteiger partial charge in [-0.1, -0.05) is 82.2 Å². The van der Waals surface area contributed by atoms with Crippen LogP contribution >= 0.6 is 0 Å². The number of unbranched alkanes of at least 4 members (excludes halogenated alkanes) is 5. The summed E-state index contributed by atoms with van der Waals surface area (Å²) in [5.41, 5.74) is 0. The zero-order chi connectivity index (χ0) is 16.6. The van der Waals surface area contributed by atoms with Gasteiger partial charge in [-0.15, -0.1) is 0 Å². The monoisotopic (exact) mass is 320 g/mol. The van der Waals surface area contributed by atoms with Crippen molar-refractivity contribution in [1.82, 2.24) is 0 Å². The van der Waals surface area contributed by atoms with Crippen molar-refractivity contribution in [2.45, 2.75) is 83.7 Å². The standard InChI is InChI=1S/C20H32O3/c1-2-3-4-5-10-13-16-19-17-14-11-8-6-7-9-12-15-18-20(21)23-22-19/h6-7,9,12,15,18-19H,2-5,8,10-11,13-14,16-17H2,1H3. The van der Waals surface area contributed by atoms with Crippen molar-refractivity contribution in [3.63, 3.8) is 0 Å². The van der Waals surface area contributed by atoms with Gasteiger partial charge in [0.25, 0.3) is 0 Å². The van der Waals surface area contributed by atoms with Crippen molar-refractivity contribution < 1.29 is 14.6 Å². The van der Waals surface area contributed by atoms with Gasteiger partial charge in [0.1, 0.15) is 6.10 Å². The van der Waals surface area contributed by atoms with Crippen molar-refractivity contribution in [2.24, 2.45) is 0 Å². The summed E-state index contributed by atoms with van der Waals surface area (Å²) in [6.45, 7) is 2.23. The molecule has 23 heavy (non-hydrogen) atoms. The van der Waals surface area contributed by atoms with Crippen molar-refractivity contribution in [3.05, 3.63) is 36.5 Å². The number of rotatable bonds is 7. The van der Waals surface area contributed by atoms with E-state index >= 15 is 0 Å². The Balaban J connectivity index is 2.34. The molecule has 0 fully saturated rings. The molecule has 1 aliphatic heterocycles. The van der Waals surface area contributed by atoms with Crippen molar-refractivity contribution >= 4 is 5.97 Å². The lowest BCUT2D eigenvalue weighted by Crippen LogP contribution is -2.16. The number of carbonyl (C=O) groups excluding carboxylic acids is 1. The SMILES string of the molecule is CCCCCCCCC1CCCCC=CC=CC=CC(=O)OO1. The molecule has 1 aliphatic rings. The van der Waals surface area contributed by atoms with Crippen LogP contribution in [0.1, 0.15) is 77.6 Å². The molecule has 0 bridgehead atoms. The molecule has 1 atom stereocenters. The molecule has 0 spiro atoms. The Morgan fingerprint density at radius 1 is 1.00 bits per heavy atom. The van der Waals surface area contributed by atoms with Crippen molar-refractivity contribution in [2.75, 3.05) is 0 Å². The van der Waals surface area contributed by atoms with Gasteiger partial charge in [-0.05, 0) is 25.7 Å². The second-order valence-electron chi connectivity index (χ2n) is 6.13. The smallest absolute Gasteiger partial charge is 0.293 e. The molecule has 1 heterocycles. The molecule has 0 aromatic rings. The van der Waals surface area contributed by atoms with E-state index in [1.807, 2.05) is 18.2 Å². The van der Waals surface area contributed by atoms with E-state index in [1.54, 1.807) is 6.08 Å². The summed E-state index contributed by atoms with van der Waals surface area (Å²) in [6, 6.07) is 0. The zero-order valence-corrected chi connectivity index (χ0v) is 14.5. The molecular weight excluding hydrogens is 288 g/mol. The van der Waals surface area contributed by atoms with Crippen LogP contribution in [0, 0.1) is 0 Å². The Morgan fingerprint density at radius 3 is 2.65 bits per heavy atom. The number of carbonyl (C=O) groups is 1. The number of hydrogen-bond donors (Lipinski definition) is 0. The second-order valence-corrected chi connectivity index (χ2v) is 6.13. The average Bonchev–Trinajstić information content (AvgIpc) is 2.56. The molecule has 3 nitrogen and oxygen atoms in total. The highest BCUT2D eigenvalue weighted by atomic mass is 17.2. The predicted octanol–water partition coefficient (Wildman–Crippen LogP) is 5.82. The minimum Gasteiger partial charge on any atom is -0.293 e. The summed E-state index contributed by atoms with van der Waals surface area (Å²) in [6.07, 6.45) is 23.8. The van der Waals surface area contributed by atoms with E-state index in [0.717, 1.165) is 38.5 Å². The van der Waals surface area contributed by atoms with Gasteiger partial charge in [-0.2, -0.15) is 4.89 Å². The zero-order valence-electron chi connectivity index (χ0n) is 14.5. The minimum atomic E-state index is -0.441. The first-order valence-corrected chi connectivity index (χ1v) is 9.20. The Bertz CT molecular complexity index is 382. The fourth-order valence-electron chi connectivity index (χ4n) is 2.61. The summed E-state index contributed by atoms with van der Waals surface area (Å²) >= 11 is 0. The van der Waals surface area contributed by atoms with Crippen LogP contribution in [0.15, 0.2) is 36.5 Å². The van der Waals surface area contributed by atoms with E-state index in [4.69, 9.17) is 9.78 Å². The normalized spacial score (nSPS) is 20.2. The highest BCUT2D eigenvalue weighted by Crippen LogP contribution is 2.16. The minimum absolute atomic E-state index is 0.0287. The summed E-state index contributed by atoms with van der Waals surface area (Å²) in [7, 11) is 0. The number of hydrogen-bond acceptors (Lipinski definition) is 3. The molecule has 0 N–H and O–H groups in total. The van der Waals surface area contributed by atoms with Crippen LogP contribution in [0.3, 0.4) is 0 Å². The maximum atomic E-state index is 11.6.